The van der Waals surface area contributed by atoms with Gasteiger partial charge in [-0.2, -0.15) is 0 Å². The van der Waals surface area contributed by atoms with Crippen LogP contribution in [0, 0.1) is 5.82 Å². The first-order valence-electron chi connectivity index (χ1n) is 7.55. The molecule has 26 heavy (non-hydrogen) atoms. The van der Waals surface area contributed by atoms with Gasteiger partial charge in [0.25, 0.3) is 10.0 Å². The number of anilines is 1. The van der Waals surface area contributed by atoms with Crippen molar-refractivity contribution >= 4 is 21.6 Å². The van der Waals surface area contributed by atoms with Gasteiger partial charge in [0, 0.05) is 13.1 Å². The Morgan fingerprint density at radius 2 is 1.77 bits per heavy atom. The highest BCUT2D eigenvalue weighted by molar-refractivity contribution is 7.92. The fraction of sp³-hybridized carbons (Fsp3) is 0.235. The Balaban J connectivity index is 2.59. The van der Waals surface area contributed by atoms with E-state index in [-0.39, 0.29) is 16.3 Å². The van der Waals surface area contributed by atoms with Crippen molar-refractivity contribution in [3.8, 4) is 11.5 Å². The Bertz CT molecular complexity index is 902. The van der Waals surface area contributed by atoms with Crippen LogP contribution in [0.25, 0.3) is 0 Å². The molecule has 0 bridgehead atoms. The summed E-state index contributed by atoms with van der Waals surface area (Å²) in [4.78, 5) is 11.7. The van der Waals surface area contributed by atoms with Crippen molar-refractivity contribution in [2.24, 2.45) is 0 Å². The van der Waals surface area contributed by atoms with E-state index in [1.165, 1.54) is 57.7 Å². The van der Waals surface area contributed by atoms with Crippen molar-refractivity contribution < 1.29 is 27.1 Å². The van der Waals surface area contributed by atoms with E-state index in [1.54, 1.807) is 0 Å². The van der Waals surface area contributed by atoms with E-state index in [1.807, 2.05) is 0 Å². The lowest BCUT2D eigenvalue weighted by atomic mass is 10.3. The van der Waals surface area contributed by atoms with Crippen LogP contribution >= 0.6 is 0 Å². The number of hydrogen-bond donors (Lipinski definition) is 1. The molecule has 0 saturated carbocycles. The summed E-state index contributed by atoms with van der Waals surface area (Å²) in [5.74, 6) is -0.810. The van der Waals surface area contributed by atoms with Crippen LogP contribution in [-0.4, -0.2) is 42.1 Å². The highest BCUT2D eigenvalue weighted by Crippen LogP contribution is 2.32. The standard InChI is InChI=1S/C17H19FN2O5S/c1-19-17(21)11-20(14-7-5-4-6-13(14)18)26(22,23)12-8-9-15(24-2)16(10-12)25-3/h4-10H,11H2,1-3H3,(H,19,21). The van der Waals surface area contributed by atoms with Crippen LogP contribution in [0.3, 0.4) is 0 Å². The minimum Gasteiger partial charge on any atom is -0.493 e. The molecule has 0 aliphatic carbocycles. The van der Waals surface area contributed by atoms with Gasteiger partial charge in [-0.1, -0.05) is 12.1 Å². The van der Waals surface area contributed by atoms with Crippen LogP contribution in [0.5, 0.6) is 11.5 Å². The van der Waals surface area contributed by atoms with Gasteiger partial charge in [-0.05, 0) is 24.3 Å². The summed E-state index contributed by atoms with van der Waals surface area (Å²) in [7, 11) is -0.0881. The average molecular weight is 382 g/mol. The van der Waals surface area contributed by atoms with E-state index < -0.39 is 28.3 Å². The van der Waals surface area contributed by atoms with Crippen molar-refractivity contribution in [2.45, 2.75) is 4.90 Å². The molecule has 2 aromatic rings. The Labute approximate surface area is 151 Å². The van der Waals surface area contributed by atoms with Gasteiger partial charge in [-0.25, -0.2) is 12.8 Å². The summed E-state index contributed by atoms with van der Waals surface area (Å²) in [5.41, 5.74) is -0.231. The van der Waals surface area contributed by atoms with E-state index in [4.69, 9.17) is 9.47 Å². The molecule has 0 radical (unpaired) electrons. The first-order chi connectivity index (χ1) is 12.3. The minimum absolute atomic E-state index is 0.165. The van der Waals surface area contributed by atoms with E-state index in [0.717, 1.165) is 6.07 Å². The minimum atomic E-state index is -4.24. The molecule has 0 spiro atoms. The molecule has 2 aromatic carbocycles. The first-order valence-corrected chi connectivity index (χ1v) is 8.99. The van der Waals surface area contributed by atoms with Crippen LogP contribution in [0.1, 0.15) is 0 Å². The highest BCUT2D eigenvalue weighted by Gasteiger charge is 2.29. The lowest BCUT2D eigenvalue weighted by Crippen LogP contribution is -2.40. The van der Waals surface area contributed by atoms with Gasteiger partial charge in [-0.15, -0.1) is 0 Å². The lowest BCUT2D eigenvalue weighted by Gasteiger charge is -2.24. The molecule has 0 aliphatic rings. The summed E-state index contributed by atoms with van der Waals surface area (Å²) < 4.78 is 51.3. The second-order valence-electron chi connectivity index (χ2n) is 5.15. The number of ether oxygens (including phenoxy) is 2. The molecule has 0 heterocycles. The summed E-state index contributed by atoms with van der Waals surface area (Å²) in [6.07, 6.45) is 0. The molecule has 0 aromatic heterocycles. The third kappa shape index (κ3) is 3.88. The van der Waals surface area contributed by atoms with Crippen LogP contribution in [0.4, 0.5) is 10.1 Å². The number of carbonyl (C=O) groups is 1. The summed E-state index contributed by atoms with van der Waals surface area (Å²) in [5, 5.41) is 2.34. The maximum atomic E-state index is 14.2. The highest BCUT2D eigenvalue weighted by atomic mass is 32.2. The second kappa shape index (κ2) is 8.05. The molecule has 0 atom stereocenters. The van der Waals surface area contributed by atoms with Crippen LogP contribution in [0.15, 0.2) is 47.4 Å². The molecule has 0 unspecified atom stereocenters. The Morgan fingerprint density at radius 3 is 2.35 bits per heavy atom. The van der Waals surface area contributed by atoms with Crippen molar-refractivity contribution in [1.82, 2.24) is 5.32 Å². The fourth-order valence-electron chi connectivity index (χ4n) is 2.27. The number of likely N-dealkylation sites (N-methyl/N-ethyl adjacent to an activating group) is 1. The number of benzene rings is 2. The largest absolute Gasteiger partial charge is 0.493 e. The lowest BCUT2D eigenvalue weighted by molar-refractivity contribution is -0.119. The number of methoxy groups -OCH3 is 2. The van der Waals surface area contributed by atoms with Gasteiger partial charge < -0.3 is 14.8 Å². The monoisotopic (exact) mass is 382 g/mol. The van der Waals surface area contributed by atoms with Crippen molar-refractivity contribution in [3.05, 3.63) is 48.3 Å². The van der Waals surface area contributed by atoms with Gasteiger partial charge in [0.2, 0.25) is 5.91 Å². The molecule has 2 rings (SSSR count). The second-order valence-corrected chi connectivity index (χ2v) is 7.02. The third-order valence-electron chi connectivity index (χ3n) is 3.63. The number of rotatable bonds is 7. The van der Waals surface area contributed by atoms with E-state index in [0.29, 0.717) is 10.1 Å². The maximum absolute atomic E-state index is 14.2. The summed E-state index contributed by atoms with van der Waals surface area (Å²) in [6.45, 7) is -0.575. The van der Waals surface area contributed by atoms with Crippen LogP contribution in [-0.2, 0) is 14.8 Å². The first kappa shape index (κ1) is 19.5. The molecular formula is C17H19FN2O5S. The number of sulfonamides is 1. The van der Waals surface area contributed by atoms with Gasteiger partial charge in [0.1, 0.15) is 12.4 Å². The number of nitrogens with one attached hydrogen (secondary N) is 1. The van der Waals surface area contributed by atoms with Crippen LogP contribution < -0.4 is 19.1 Å². The van der Waals surface area contributed by atoms with Crippen molar-refractivity contribution in [1.29, 1.82) is 0 Å². The number of amides is 1. The molecular weight excluding hydrogens is 363 g/mol. The molecule has 0 saturated heterocycles. The zero-order chi connectivity index (χ0) is 19.3. The smallest absolute Gasteiger partial charge is 0.265 e. The maximum Gasteiger partial charge on any atom is 0.265 e. The van der Waals surface area contributed by atoms with Gasteiger partial charge >= 0.3 is 0 Å². The van der Waals surface area contributed by atoms with Gasteiger partial charge in [0.05, 0.1) is 24.8 Å². The zero-order valence-corrected chi connectivity index (χ0v) is 15.3. The third-order valence-corrected chi connectivity index (χ3v) is 5.39. The number of hydrogen-bond acceptors (Lipinski definition) is 5. The Kier molecular flexibility index (Phi) is 6.04. The molecule has 7 nitrogen and oxygen atoms in total. The topological polar surface area (TPSA) is 84.9 Å². The summed E-state index contributed by atoms with van der Waals surface area (Å²) in [6, 6.07) is 9.30. The van der Waals surface area contributed by atoms with Crippen molar-refractivity contribution in [3.63, 3.8) is 0 Å². The quantitative estimate of drug-likeness (QED) is 0.789. The van der Waals surface area contributed by atoms with Crippen LogP contribution in [0.2, 0.25) is 0 Å². The molecule has 1 N–H and O–H groups in total. The predicted octanol–water partition coefficient (Wildman–Crippen LogP) is 1.78. The van der Waals surface area contributed by atoms with Crippen molar-refractivity contribution in [2.75, 3.05) is 32.1 Å². The normalized spacial score (nSPS) is 10.9. The fourth-order valence-corrected chi connectivity index (χ4v) is 3.71. The number of para-hydroxylation sites is 1. The van der Waals surface area contributed by atoms with Gasteiger partial charge in [0.15, 0.2) is 11.5 Å². The molecule has 9 heteroatoms. The number of nitrogens with zero attached hydrogens (tertiary/aromatic N) is 1. The zero-order valence-electron chi connectivity index (χ0n) is 14.5. The van der Waals surface area contributed by atoms with E-state index >= 15 is 0 Å². The summed E-state index contributed by atoms with van der Waals surface area (Å²) >= 11 is 0. The Morgan fingerprint density at radius 1 is 1.12 bits per heavy atom. The number of halogens is 1. The predicted molar refractivity (Wildman–Crippen MR) is 94.5 cm³/mol. The molecule has 0 fully saturated rings. The SMILES string of the molecule is CNC(=O)CN(c1ccccc1F)S(=O)(=O)c1ccc(OC)c(OC)c1. The molecule has 0 aliphatic heterocycles. The Hall–Kier alpha value is -2.81. The number of carbonyl (C=O) groups excluding carboxylic acids is 1. The average Bonchev–Trinajstić information content (AvgIpc) is 2.65. The van der Waals surface area contributed by atoms with E-state index in [9.17, 15) is 17.6 Å². The molecule has 140 valence electrons. The molecule has 1 amide bonds. The van der Waals surface area contributed by atoms with Gasteiger partial charge in [-0.3, -0.25) is 9.10 Å². The van der Waals surface area contributed by atoms with E-state index in [2.05, 4.69) is 5.32 Å².